The van der Waals surface area contributed by atoms with Crippen LogP contribution in [0.25, 0.3) is 11.0 Å². The lowest BCUT2D eigenvalue weighted by molar-refractivity contribution is -0.170. The van der Waals surface area contributed by atoms with E-state index in [9.17, 15) is 8.60 Å². The third kappa shape index (κ3) is 5.91. The standard InChI is InChI=1S/C25H34FN7O3S/c1-16(2)33-19-12-22(28-13-18(19)29-23(33)15-36-24-6-4-5-11-35-24)30-21-7-9-27-25(31-21)32-10-8-20(37(3)34)17(26)14-32/h7,9,12-13,16-17,20,24H,4-6,8,10-11,14-15H2,1-3H3,(H,27,28,30,31)/t17-,20+,24?,37?/m1/s1. The van der Waals surface area contributed by atoms with Gasteiger partial charge in [0, 0.05) is 48.5 Å². The summed E-state index contributed by atoms with van der Waals surface area (Å²) < 4.78 is 40.2. The quantitative estimate of drug-likeness (QED) is 0.463. The molecular formula is C25H34FN7O3S. The molecule has 5 heterocycles. The molecule has 2 fully saturated rings. The Kier molecular flexibility index (Phi) is 7.96. The van der Waals surface area contributed by atoms with Gasteiger partial charge in [0.05, 0.1) is 23.5 Å². The van der Waals surface area contributed by atoms with Crippen molar-refractivity contribution in [2.75, 3.05) is 36.2 Å². The Morgan fingerprint density at radius 3 is 2.84 bits per heavy atom. The van der Waals surface area contributed by atoms with E-state index in [2.05, 4.69) is 38.7 Å². The molecule has 0 aliphatic carbocycles. The van der Waals surface area contributed by atoms with Crippen molar-refractivity contribution < 1.29 is 18.1 Å². The number of hydrogen-bond donors (Lipinski definition) is 1. The molecule has 3 aromatic rings. The van der Waals surface area contributed by atoms with Gasteiger partial charge in [-0.3, -0.25) is 4.21 Å². The molecule has 0 amide bonds. The highest BCUT2D eigenvalue weighted by atomic mass is 32.2. The van der Waals surface area contributed by atoms with Gasteiger partial charge >= 0.3 is 0 Å². The second-order valence-corrected chi connectivity index (χ2v) is 11.4. The van der Waals surface area contributed by atoms with Crippen LogP contribution in [0.1, 0.15) is 51.4 Å². The van der Waals surface area contributed by atoms with Gasteiger partial charge < -0.3 is 24.3 Å². The number of nitrogens with zero attached hydrogens (tertiary/aromatic N) is 6. The van der Waals surface area contributed by atoms with Crippen LogP contribution in [0.15, 0.2) is 24.5 Å². The largest absolute Gasteiger partial charge is 0.353 e. The Morgan fingerprint density at radius 1 is 1.24 bits per heavy atom. The van der Waals surface area contributed by atoms with Crippen LogP contribution in [-0.4, -0.2) is 72.4 Å². The molecule has 0 bridgehead atoms. The Morgan fingerprint density at radius 2 is 2.11 bits per heavy atom. The topological polar surface area (TPSA) is 107 Å². The summed E-state index contributed by atoms with van der Waals surface area (Å²) in [4.78, 5) is 20.0. The molecule has 4 atom stereocenters. The van der Waals surface area contributed by atoms with Crippen LogP contribution in [-0.2, 0) is 26.9 Å². The van der Waals surface area contributed by atoms with Crippen molar-refractivity contribution in [1.29, 1.82) is 0 Å². The molecule has 0 aromatic carbocycles. The van der Waals surface area contributed by atoms with Gasteiger partial charge in [0.1, 0.15) is 35.8 Å². The SMILES string of the molecule is CC(C)n1c(COC2CCCCO2)nc2cnc(Nc3ccnc(N4CC[C@H](S(C)=O)[C@H](F)C4)n3)cc21. The van der Waals surface area contributed by atoms with Gasteiger partial charge in [-0.1, -0.05) is 0 Å². The Labute approximate surface area is 218 Å². The summed E-state index contributed by atoms with van der Waals surface area (Å²) in [6, 6.07) is 3.87. The van der Waals surface area contributed by atoms with E-state index in [4.69, 9.17) is 14.5 Å². The van der Waals surface area contributed by atoms with Crippen LogP contribution in [0.2, 0.25) is 0 Å². The smallest absolute Gasteiger partial charge is 0.227 e. The Hall–Kier alpha value is -2.70. The number of anilines is 3. The van der Waals surface area contributed by atoms with E-state index in [1.54, 1.807) is 29.6 Å². The second kappa shape index (κ2) is 11.4. The zero-order chi connectivity index (χ0) is 25.9. The van der Waals surface area contributed by atoms with E-state index in [-0.39, 0.29) is 18.9 Å². The lowest BCUT2D eigenvalue weighted by Crippen LogP contribution is -2.46. The molecule has 200 valence electrons. The van der Waals surface area contributed by atoms with Gasteiger partial charge in [-0.05, 0) is 45.6 Å². The van der Waals surface area contributed by atoms with Crippen LogP contribution in [0.3, 0.4) is 0 Å². The summed E-state index contributed by atoms with van der Waals surface area (Å²) in [5, 5.41) is 2.81. The van der Waals surface area contributed by atoms with E-state index in [1.165, 1.54) is 0 Å². The number of imidazole rings is 1. The molecule has 1 N–H and O–H groups in total. The molecule has 12 heteroatoms. The minimum absolute atomic E-state index is 0.127. The fourth-order valence-electron chi connectivity index (χ4n) is 4.95. The minimum Gasteiger partial charge on any atom is -0.353 e. The highest BCUT2D eigenvalue weighted by Gasteiger charge is 2.32. The van der Waals surface area contributed by atoms with E-state index in [0.717, 1.165) is 42.7 Å². The normalized spacial score (nSPS) is 23.5. The number of hydrogen-bond acceptors (Lipinski definition) is 9. The zero-order valence-corrected chi connectivity index (χ0v) is 22.3. The van der Waals surface area contributed by atoms with E-state index in [1.807, 2.05) is 6.07 Å². The summed E-state index contributed by atoms with van der Waals surface area (Å²) in [5.41, 5.74) is 1.73. The molecule has 2 saturated heterocycles. The third-order valence-corrected chi connectivity index (χ3v) is 8.18. The van der Waals surface area contributed by atoms with E-state index in [0.29, 0.717) is 37.2 Å². The molecule has 3 aromatic heterocycles. The van der Waals surface area contributed by atoms with Crippen molar-refractivity contribution in [3.8, 4) is 0 Å². The highest BCUT2D eigenvalue weighted by Crippen LogP contribution is 2.27. The lowest BCUT2D eigenvalue weighted by atomic mass is 10.1. The first kappa shape index (κ1) is 25.9. The summed E-state index contributed by atoms with van der Waals surface area (Å²) in [7, 11) is -1.19. The molecule has 5 rings (SSSR count). The van der Waals surface area contributed by atoms with Crippen molar-refractivity contribution in [2.24, 2.45) is 0 Å². The van der Waals surface area contributed by atoms with Gasteiger partial charge in [0.15, 0.2) is 6.29 Å². The molecular weight excluding hydrogens is 497 g/mol. The van der Waals surface area contributed by atoms with Gasteiger partial charge in [-0.2, -0.15) is 4.98 Å². The van der Waals surface area contributed by atoms with E-state index < -0.39 is 22.2 Å². The van der Waals surface area contributed by atoms with Gasteiger partial charge in [-0.25, -0.2) is 19.3 Å². The monoisotopic (exact) mass is 531 g/mol. The maximum Gasteiger partial charge on any atom is 0.227 e. The summed E-state index contributed by atoms with van der Waals surface area (Å²) >= 11 is 0. The number of alkyl halides is 1. The Balaban J connectivity index is 1.32. The van der Waals surface area contributed by atoms with Gasteiger partial charge in [-0.15, -0.1) is 0 Å². The minimum atomic E-state index is -1.19. The molecule has 2 aliphatic rings. The lowest BCUT2D eigenvalue weighted by Gasteiger charge is -2.33. The number of fused-ring (bicyclic) bond motifs is 1. The maximum absolute atomic E-state index is 14.6. The first-order valence-corrected chi connectivity index (χ1v) is 14.4. The molecule has 0 spiro atoms. The predicted molar refractivity (Wildman–Crippen MR) is 141 cm³/mol. The van der Waals surface area contributed by atoms with Crippen LogP contribution in [0.4, 0.5) is 22.0 Å². The van der Waals surface area contributed by atoms with Crippen LogP contribution in [0, 0.1) is 0 Å². The predicted octanol–water partition coefficient (Wildman–Crippen LogP) is 3.88. The number of piperidine rings is 1. The van der Waals surface area contributed by atoms with Gasteiger partial charge in [0.25, 0.3) is 0 Å². The molecule has 2 unspecified atom stereocenters. The van der Waals surface area contributed by atoms with Gasteiger partial charge in [0.2, 0.25) is 5.95 Å². The third-order valence-electron chi connectivity index (χ3n) is 6.79. The van der Waals surface area contributed by atoms with Crippen LogP contribution in [0.5, 0.6) is 0 Å². The van der Waals surface area contributed by atoms with E-state index >= 15 is 0 Å². The number of aromatic nitrogens is 5. The van der Waals surface area contributed by atoms with Crippen molar-refractivity contribution in [3.63, 3.8) is 0 Å². The summed E-state index contributed by atoms with van der Waals surface area (Å²) in [5.74, 6) is 2.44. The van der Waals surface area contributed by atoms with Crippen molar-refractivity contribution in [2.45, 2.75) is 69.9 Å². The summed E-state index contributed by atoms with van der Waals surface area (Å²) in [6.07, 6.45) is 7.18. The average molecular weight is 532 g/mol. The first-order chi connectivity index (χ1) is 17.9. The molecule has 37 heavy (non-hydrogen) atoms. The van der Waals surface area contributed by atoms with Crippen molar-refractivity contribution in [1.82, 2.24) is 24.5 Å². The molecule has 10 nitrogen and oxygen atoms in total. The number of nitrogens with one attached hydrogen (secondary N) is 1. The number of halogens is 1. The van der Waals surface area contributed by atoms with Crippen LogP contribution >= 0.6 is 0 Å². The second-order valence-electron chi connectivity index (χ2n) is 9.81. The zero-order valence-electron chi connectivity index (χ0n) is 21.5. The molecule has 0 saturated carbocycles. The van der Waals surface area contributed by atoms with Crippen molar-refractivity contribution in [3.05, 3.63) is 30.4 Å². The fourth-order valence-corrected chi connectivity index (χ4v) is 5.88. The fraction of sp³-hybridized carbons (Fsp3) is 0.600. The number of rotatable bonds is 8. The van der Waals surface area contributed by atoms with Crippen LogP contribution < -0.4 is 10.2 Å². The average Bonchev–Trinajstić information content (AvgIpc) is 3.26. The highest BCUT2D eigenvalue weighted by molar-refractivity contribution is 7.85. The summed E-state index contributed by atoms with van der Waals surface area (Å²) in [6.45, 7) is 6.02. The maximum atomic E-state index is 14.6. The number of ether oxygens (including phenoxy) is 2. The van der Waals surface area contributed by atoms with Crippen molar-refractivity contribution >= 4 is 39.4 Å². The number of pyridine rings is 1. The molecule has 0 radical (unpaired) electrons. The molecule has 2 aliphatic heterocycles. The first-order valence-electron chi connectivity index (χ1n) is 12.8. The Bertz CT molecular complexity index is 1250.